The van der Waals surface area contributed by atoms with Gasteiger partial charge in [0.2, 0.25) is 5.91 Å². The van der Waals surface area contributed by atoms with Gasteiger partial charge in [0.25, 0.3) is 0 Å². The van der Waals surface area contributed by atoms with Gasteiger partial charge < -0.3 is 4.90 Å². The van der Waals surface area contributed by atoms with Gasteiger partial charge in [-0.05, 0) is 32.8 Å². The fourth-order valence-corrected chi connectivity index (χ4v) is 1.35. The van der Waals surface area contributed by atoms with Crippen LogP contribution >= 0.6 is 0 Å². The van der Waals surface area contributed by atoms with Crippen LogP contribution in [0, 0.1) is 0 Å². The smallest absolute Gasteiger partial charge is 0.246 e. The molecule has 0 unspecified atom stereocenters. The molecular weight excluding hydrogens is 182 g/mol. The molecule has 1 amide bonds. The monoisotopic (exact) mass is 199 g/mol. The van der Waals surface area contributed by atoms with Gasteiger partial charge in [-0.15, -0.1) is 0 Å². The van der Waals surface area contributed by atoms with Gasteiger partial charge in [0.05, 0.1) is 0 Å². The average Bonchev–Trinajstić information content (AvgIpc) is 2.67. The molecule has 1 aliphatic rings. The predicted molar refractivity (Wildman–Crippen MR) is 52.7 cm³/mol. The van der Waals surface area contributed by atoms with E-state index in [0.29, 0.717) is 0 Å². The van der Waals surface area contributed by atoms with Gasteiger partial charge in [-0.3, -0.25) is 10.1 Å². The molecule has 0 bridgehead atoms. The summed E-state index contributed by atoms with van der Waals surface area (Å²) in [5.41, 5.74) is -0.796. The first-order valence-electron chi connectivity index (χ1n) is 4.86. The van der Waals surface area contributed by atoms with Crippen LogP contribution in [0.25, 0.3) is 0 Å². The van der Waals surface area contributed by atoms with E-state index in [9.17, 15) is 4.79 Å². The Hall–Kier alpha value is -0.870. The van der Waals surface area contributed by atoms with E-state index in [2.05, 4.69) is 4.89 Å². The van der Waals surface area contributed by atoms with E-state index in [-0.39, 0.29) is 5.91 Å². The van der Waals surface area contributed by atoms with Gasteiger partial charge in [-0.1, -0.05) is 0 Å². The third-order valence-corrected chi connectivity index (χ3v) is 2.28. The molecule has 0 aromatic rings. The molecule has 1 aliphatic heterocycles. The molecule has 80 valence electrons. The molecule has 4 heteroatoms. The Morgan fingerprint density at radius 1 is 1.43 bits per heavy atom. The Morgan fingerprint density at radius 2 is 2.00 bits per heavy atom. The van der Waals surface area contributed by atoms with Crippen molar-refractivity contribution in [2.24, 2.45) is 0 Å². The van der Waals surface area contributed by atoms with Crippen LogP contribution in [0.2, 0.25) is 0 Å². The van der Waals surface area contributed by atoms with Crippen LogP contribution in [-0.2, 0) is 9.68 Å². The number of nitrogens with zero attached hydrogens (tertiary/aromatic N) is 1. The molecule has 0 saturated carbocycles. The Labute approximate surface area is 84.1 Å². The summed E-state index contributed by atoms with van der Waals surface area (Å²) in [7, 11) is 0. The largest absolute Gasteiger partial charge is 0.339 e. The molecule has 1 heterocycles. The third kappa shape index (κ3) is 3.12. The highest BCUT2D eigenvalue weighted by Crippen LogP contribution is 2.11. The Morgan fingerprint density at radius 3 is 2.50 bits per heavy atom. The van der Waals surface area contributed by atoms with Crippen LogP contribution in [0.15, 0.2) is 12.2 Å². The van der Waals surface area contributed by atoms with E-state index in [0.717, 1.165) is 25.9 Å². The molecule has 1 N–H and O–H groups in total. The molecule has 0 spiro atoms. The molecule has 0 radical (unpaired) electrons. The van der Waals surface area contributed by atoms with E-state index < -0.39 is 5.60 Å². The lowest BCUT2D eigenvalue weighted by atomic mass is 10.1. The summed E-state index contributed by atoms with van der Waals surface area (Å²) in [6.07, 6.45) is 5.19. The van der Waals surface area contributed by atoms with E-state index in [1.165, 1.54) is 6.08 Å². The minimum Gasteiger partial charge on any atom is -0.339 e. The second kappa shape index (κ2) is 4.57. The fraction of sp³-hybridized carbons (Fsp3) is 0.700. The number of carbonyl (C=O) groups excluding carboxylic acids is 1. The van der Waals surface area contributed by atoms with Crippen molar-refractivity contribution in [3.63, 3.8) is 0 Å². The van der Waals surface area contributed by atoms with Crippen molar-refractivity contribution in [2.45, 2.75) is 32.3 Å². The average molecular weight is 199 g/mol. The predicted octanol–water partition coefficient (Wildman–Crippen LogP) is 1.43. The van der Waals surface area contributed by atoms with Gasteiger partial charge in [0.15, 0.2) is 0 Å². The van der Waals surface area contributed by atoms with E-state index in [4.69, 9.17) is 5.26 Å². The number of hydrogen-bond acceptors (Lipinski definition) is 3. The SMILES string of the molecule is CC(C)(/C=C/C(=O)N1CCCC1)OO. The Bertz CT molecular complexity index is 230. The fourth-order valence-electron chi connectivity index (χ4n) is 1.35. The van der Waals surface area contributed by atoms with Crippen molar-refractivity contribution in [3.05, 3.63) is 12.2 Å². The first kappa shape index (κ1) is 11.2. The summed E-state index contributed by atoms with van der Waals surface area (Å²) in [5, 5.41) is 8.50. The quantitative estimate of drug-likeness (QED) is 0.425. The second-order valence-corrected chi connectivity index (χ2v) is 4.06. The topological polar surface area (TPSA) is 49.8 Å². The van der Waals surface area contributed by atoms with Crippen LogP contribution in [0.5, 0.6) is 0 Å². The zero-order chi connectivity index (χ0) is 10.6. The van der Waals surface area contributed by atoms with Crippen LogP contribution in [0.4, 0.5) is 0 Å². The summed E-state index contributed by atoms with van der Waals surface area (Å²) in [5.74, 6) is -0.00683. The number of carbonyl (C=O) groups is 1. The summed E-state index contributed by atoms with van der Waals surface area (Å²) >= 11 is 0. The molecule has 0 aliphatic carbocycles. The summed E-state index contributed by atoms with van der Waals surface area (Å²) in [6, 6.07) is 0. The molecular formula is C10H17NO3. The first-order chi connectivity index (χ1) is 6.55. The van der Waals surface area contributed by atoms with Gasteiger partial charge >= 0.3 is 0 Å². The summed E-state index contributed by atoms with van der Waals surface area (Å²) in [4.78, 5) is 17.5. The zero-order valence-corrected chi connectivity index (χ0v) is 8.69. The lowest BCUT2D eigenvalue weighted by Gasteiger charge is -2.16. The Balaban J connectivity index is 2.46. The van der Waals surface area contributed by atoms with Crippen LogP contribution in [0.3, 0.4) is 0 Å². The molecule has 14 heavy (non-hydrogen) atoms. The minimum absolute atomic E-state index is 0.00683. The standard InChI is InChI=1S/C10H17NO3/c1-10(2,14-13)6-5-9(12)11-7-3-4-8-11/h5-6,13H,3-4,7-8H2,1-2H3/b6-5+. The van der Waals surface area contributed by atoms with Crippen LogP contribution in [-0.4, -0.2) is 34.8 Å². The van der Waals surface area contributed by atoms with Crippen molar-refractivity contribution >= 4 is 5.91 Å². The van der Waals surface area contributed by atoms with Gasteiger partial charge in [-0.2, -0.15) is 0 Å². The molecule has 4 nitrogen and oxygen atoms in total. The highest BCUT2D eigenvalue weighted by Gasteiger charge is 2.18. The molecule has 0 atom stereocenters. The van der Waals surface area contributed by atoms with Crippen molar-refractivity contribution < 1.29 is 14.9 Å². The lowest BCUT2D eigenvalue weighted by Crippen LogP contribution is -2.27. The highest BCUT2D eigenvalue weighted by atomic mass is 17.1. The summed E-state index contributed by atoms with van der Waals surface area (Å²) < 4.78 is 0. The van der Waals surface area contributed by atoms with Gasteiger partial charge in [-0.25, -0.2) is 4.89 Å². The molecule has 0 aromatic carbocycles. The van der Waals surface area contributed by atoms with Gasteiger partial charge in [0, 0.05) is 19.2 Å². The molecule has 1 saturated heterocycles. The molecule has 0 aromatic heterocycles. The van der Waals surface area contributed by atoms with Crippen molar-refractivity contribution in [3.8, 4) is 0 Å². The molecule has 1 fully saturated rings. The maximum atomic E-state index is 11.5. The van der Waals surface area contributed by atoms with Crippen LogP contribution in [0.1, 0.15) is 26.7 Å². The highest BCUT2D eigenvalue weighted by molar-refractivity contribution is 5.87. The van der Waals surface area contributed by atoms with E-state index in [1.807, 2.05) is 0 Å². The lowest BCUT2D eigenvalue weighted by molar-refractivity contribution is -0.297. The maximum Gasteiger partial charge on any atom is 0.246 e. The van der Waals surface area contributed by atoms with E-state index in [1.54, 1.807) is 24.8 Å². The van der Waals surface area contributed by atoms with Crippen molar-refractivity contribution in [1.29, 1.82) is 0 Å². The van der Waals surface area contributed by atoms with Crippen molar-refractivity contribution in [2.75, 3.05) is 13.1 Å². The molecule has 1 rings (SSSR count). The van der Waals surface area contributed by atoms with Crippen LogP contribution < -0.4 is 0 Å². The van der Waals surface area contributed by atoms with E-state index >= 15 is 0 Å². The maximum absolute atomic E-state index is 11.5. The normalized spacial score (nSPS) is 18.1. The summed E-state index contributed by atoms with van der Waals surface area (Å²) in [6.45, 7) is 5.04. The third-order valence-electron chi connectivity index (χ3n) is 2.28. The first-order valence-corrected chi connectivity index (χ1v) is 4.86. The number of amides is 1. The minimum atomic E-state index is -0.796. The number of rotatable bonds is 3. The Kier molecular flexibility index (Phi) is 3.66. The zero-order valence-electron chi connectivity index (χ0n) is 8.69. The number of hydrogen-bond donors (Lipinski definition) is 1. The van der Waals surface area contributed by atoms with Gasteiger partial charge in [0.1, 0.15) is 5.60 Å². The second-order valence-electron chi connectivity index (χ2n) is 4.06. The van der Waals surface area contributed by atoms with Crippen molar-refractivity contribution in [1.82, 2.24) is 4.90 Å². The number of likely N-dealkylation sites (tertiary alicyclic amines) is 1.